The number of carbonyl (C=O) groups excluding carboxylic acids is 1. The van der Waals surface area contributed by atoms with Gasteiger partial charge in [-0.15, -0.1) is 0 Å². The molecule has 0 aromatic heterocycles. The third-order valence-electron chi connectivity index (χ3n) is 1.99. The number of nitrogens with one attached hydrogen (secondary N) is 1. The molecule has 0 aliphatic heterocycles. The number of Topliss-reactive ketones (excluding diaryl/α,β-unsaturated/α-hetero) is 1. The molecule has 0 heterocycles. The largest absolute Gasteiger partial charge is 0.329 e. The Labute approximate surface area is 73.0 Å². The molecule has 1 rings (SSSR count). The smallest absolute Gasteiger partial charge is 0.159 e. The van der Waals surface area contributed by atoms with Gasteiger partial charge in [0.15, 0.2) is 5.78 Å². The number of hydrogen-bond donors (Lipinski definition) is 2. The minimum absolute atomic E-state index is 0.297. The Morgan fingerprint density at radius 2 is 2.42 bits per heavy atom. The second-order valence-corrected chi connectivity index (χ2v) is 3.01. The van der Waals surface area contributed by atoms with Crippen LogP contribution in [0.1, 0.15) is 19.3 Å². The molecule has 0 atom stereocenters. The van der Waals surface area contributed by atoms with E-state index in [9.17, 15) is 4.79 Å². The van der Waals surface area contributed by atoms with Gasteiger partial charge in [0.1, 0.15) is 0 Å². The van der Waals surface area contributed by atoms with Crippen molar-refractivity contribution in [2.24, 2.45) is 5.73 Å². The zero-order valence-corrected chi connectivity index (χ0v) is 7.31. The van der Waals surface area contributed by atoms with E-state index in [1.807, 2.05) is 6.08 Å². The van der Waals surface area contributed by atoms with Gasteiger partial charge in [-0.05, 0) is 12.8 Å². The van der Waals surface area contributed by atoms with E-state index in [1.54, 1.807) is 0 Å². The van der Waals surface area contributed by atoms with E-state index in [0.717, 1.165) is 31.4 Å². The van der Waals surface area contributed by atoms with Crippen molar-refractivity contribution in [3.63, 3.8) is 0 Å². The fourth-order valence-corrected chi connectivity index (χ4v) is 1.31. The Morgan fingerprint density at radius 3 is 3.08 bits per heavy atom. The maximum Gasteiger partial charge on any atom is 0.159 e. The maximum atomic E-state index is 11.2. The minimum atomic E-state index is 0.297. The van der Waals surface area contributed by atoms with Crippen molar-refractivity contribution in [3.05, 3.63) is 11.6 Å². The van der Waals surface area contributed by atoms with Crippen molar-refractivity contribution in [1.82, 2.24) is 5.32 Å². The number of hydrogen-bond acceptors (Lipinski definition) is 3. The van der Waals surface area contributed by atoms with Crippen LogP contribution in [0.15, 0.2) is 11.6 Å². The zero-order valence-electron chi connectivity index (χ0n) is 7.31. The molecule has 0 spiro atoms. The van der Waals surface area contributed by atoms with E-state index in [0.29, 0.717) is 18.9 Å². The molecular formula is C9H16N2O. The van der Waals surface area contributed by atoms with Gasteiger partial charge in [0.05, 0.1) is 0 Å². The van der Waals surface area contributed by atoms with Crippen molar-refractivity contribution < 1.29 is 4.79 Å². The summed E-state index contributed by atoms with van der Waals surface area (Å²) in [7, 11) is 0. The molecule has 1 aliphatic carbocycles. The molecule has 1 aliphatic rings. The Kier molecular flexibility index (Phi) is 3.97. The molecule has 0 unspecified atom stereocenters. The molecule has 68 valence electrons. The Balaban J connectivity index is 2.29. The van der Waals surface area contributed by atoms with Crippen molar-refractivity contribution in [2.45, 2.75) is 19.3 Å². The predicted molar refractivity (Wildman–Crippen MR) is 48.9 cm³/mol. The third kappa shape index (κ3) is 2.75. The van der Waals surface area contributed by atoms with E-state index in [4.69, 9.17) is 5.73 Å². The van der Waals surface area contributed by atoms with E-state index in [2.05, 4.69) is 5.32 Å². The van der Waals surface area contributed by atoms with E-state index < -0.39 is 0 Å². The van der Waals surface area contributed by atoms with Gasteiger partial charge in [0.2, 0.25) is 0 Å². The number of rotatable bonds is 4. The first-order valence-electron chi connectivity index (χ1n) is 4.47. The fraction of sp³-hybridized carbons (Fsp3) is 0.667. The summed E-state index contributed by atoms with van der Waals surface area (Å²) in [5, 5.41) is 3.12. The van der Waals surface area contributed by atoms with Gasteiger partial charge >= 0.3 is 0 Å². The highest BCUT2D eigenvalue weighted by atomic mass is 16.1. The summed E-state index contributed by atoms with van der Waals surface area (Å²) in [5.41, 5.74) is 6.25. The van der Waals surface area contributed by atoms with Crippen molar-refractivity contribution in [1.29, 1.82) is 0 Å². The van der Waals surface area contributed by atoms with E-state index in [-0.39, 0.29) is 0 Å². The summed E-state index contributed by atoms with van der Waals surface area (Å²) in [4.78, 5) is 11.2. The lowest BCUT2D eigenvalue weighted by molar-refractivity contribution is -0.116. The standard InChI is InChI=1S/C9H16N2O/c10-5-6-11-7-8-3-1-2-4-9(8)12/h3,11H,1-2,4-7,10H2. The topological polar surface area (TPSA) is 55.1 Å². The van der Waals surface area contributed by atoms with Crippen molar-refractivity contribution in [3.8, 4) is 0 Å². The van der Waals surface area contributed by atoms with Crippen LogP contribution in [0.25, 0.3) is 0 Å². The SMILES string of the molecule is NCCNCC1=CCCCC1=O. The molecule has 0 amide bonds. The lowest BCUT2D eigenvalue weighted by Gasteiger charge is -2.11. The van der Waals surface area contributed by atoms with Crippen LogP contribution in [0, 0.1) is 0 Å². The van der Waals surface area contributed by atoms with Crippen LogP contribution in [0.5, 0.6) is 0 Å². The molecule has 0 saturated carbocycles. The zero-order chi connectivity index (χ0) is 8.81. The van der Waals surface area contributed by atoms with E-state index in [1.165, 1.54) is 0 Å². The third-order valence-corrected chi connectivity index (χ3v) is 1.99. The summed E-state index contributed by atoms with van der Waals surface area (Å²) in [6, 6.07) is 0. The molecular weight excluding hydrogens is 152 g/mol. The maximum absolute atomic E-state index is 11.2. The second-order valence-electron chi connectivity index (χ2n) is 3.01. The van der Waals surface area contributed by atoms with Crippen LogP contribution in [0.4, 0.5) is 0 Å². The van der Waals surface area contributed by atoms with Crippen LogP contribution >= 0.6 is 0 Å². The molecule has 3 N–H and O–H groups in total. The molecule has 0 aromatic rings. The average Bonchev–Trinajstić information content (AvgIpc) is 2.09. The molecule has 0 aromatic carbocycles. The minimum Gasteiger partial charge on any atom is -0.329 e. The van der Waals surface area contributed by atoms with Gasteiger partial charge in [0.25, 0.3) is 0 Å². The van der Waals surface area contributed by atoms with Crippen LogP contribution in [0.2, 0.25) is 0 Å². The Bertz CT molecular complexity index is 187. The molecule has 0 radical (unpaired) electrons. The lowest BCUT2D eigenvalue weighted by atomic mass is 9.98. The van der Waals surface area contributed by atoms with Gasteiger partial charge in [-0.2, -0.15) is 0 Å². The first-order valence-corrected chi connectivity index (χ1v) is 4.47. The normalized spacial score (nSPS) is 17.8. The quantitative estimate of drug-likeness (QED) is 0.590. The van der Waals surface area contributed by atoms with Crippen LogP contribution in [-0.4, -0.2) is 25.4 Å². The van der Waals surface area contributed by atoms with Gasteiger partial charge in [0, 0.05) is 31.6 Å². The number of carbonyl (C=O) groups is 1. The highest BCUT2D eigenvalue weighted by molar-refractivity contribution is 5.96. The highest BCUT2D eigenvalue weighted by Gasteiger charge is 2.11. The lowest BCUT2D eigenvalue weighted by Crippen LogP contribution is -2.27. The van der Waals surface area contributed by atoms with Crippen LogP contribution in [0.3, 0.4) is 0 Å². The van der Waals surface area contributed by atoms with Crippen LogP contribution < -0.4 is 11.1 Å². The number of nitrogens with two attached hydrogens (primary N) is 1. The fourth-order valence-electron chi connectivity index (χ4n) is 1.31. The summed E-state index contributed by atoms with van der Waals surface area (Å²) < 4.78 is 0. The van der Waals surface area contributed by atoms with Crippen molar-refractivity contribution in [2.75, 3.05) is 19.6 Å². The number of allylic oxidation sites excluding steroid dienone is 1. The highest BCUT2D eigenvalue weighted by Crippen LogP contribution is 2.12. The first-order chi connectivity index (χ1) is 5.84. The van der Waals surface area contributed by atoms with Gasteiger partial charge < -0.3 is 11.1 Å². The predicted octanol–water partition coefficient (Wildman–Crippen LogP) is 0.214. The molecule has 12 heavy (non-hydrogen) atoms. The molecule has 3 nitrogen and oxygen atoms in total. The average molecular weight is 168 g/mol. The summed E-state index contributed by atoms with van der Waals surface area (Å²) in [5.74, 6) is 0.297. The van der Waals surface area contributed by atoms with Gasteiger partial charge in [-0.3, -0.25) is 4.79 Å². The van der Waals surface area contributed by atoms with Gasteiger partial charge in [-0.25, -0.2) is 0 Å². The monoisotopic (exact) mass is 168 g/mol. The Hall–Kier alpha value is -0.670. The number of ketones is 1. The molecule has 0 fully saturated rings. The van der Waals surface area contributed by atoms with Crippen LogP contribution in [-0.2, 0) is 4.79 Å². The van der Waals surface area contributed by atoms with Gasteiger partial charge in [-0.1, -0.05) is 6.08 Å². The molecule has 3 heteroatoms. The van der Waals surface area contributed by atoms with E-state index >= 15 is 0 Å². The summed E-state index contributed by atoms with van der Waals surface area (Å²) >= 11 is 0. The summed E-state index contributed by atoms with van der Waals surface area (Å²) in [6.45, 7) is 2.10. The van der Waals surface area contributed by atoms with Crippen molar-refractivity contribution >= 4 is 5.78 Å². The second kappa shape index (κ2) is 5.06. The summed E-state index contributed by atoms with van der Waals surface area (Å²) in [6.07, 6.45) is 4.82. The Morgan fingerprint density at radius 1 is 1.58 bits per heavy atom. The molecule has 0 saturated heterocycles. The first kappa shape index (κ1) is 9.42. The molecule has 0 bridgehead atoms.